The number of aliphatic hydroxyl groups excluding tert-OH is 4. The maximum atomic E-state index is 13.6. The molecule has 1 fully saturated rings. The van der Waals surface area contributed by atoms with Gasteiger partial charge in [0.1, 0.15) is 24.4 Å². The molecule has 0 radical (unpaired) electrons. The molecule has 2 aromatic rings. The van der Waals surface area contributed by atoms with Crippen LogP contribution in [-0.4, -0.2) is 105 Å². The van der Waals surface area contributed by atoms with E-state index in [4.69, 9.17) is 0 Å². The van der Waals surface area contributed by atoms with Crippen LogP contribution in [0.25, 0.3) is 0 Å². The number of hydrogen-bond donors (Lipinski definition) is 5. The normalized spacial score (nSPS) is 25.6. The number of nitrogens with zero attached hydrogens (tertiary/aromatic N) is 2. The summed E-state index contributed by atoms with van der Waals surface area (Å²) >= 11 is 0. The summed E-state index contributed by atoms with van der Waals surface area (Å²) in [7, 11) is 0. The van der Waals surface area contributed by atoms with E-state index in [-0.39, 0.29) is 37.4 Å². The van der Waals surface area contributed by atoms with Gasteiger partial charge in [-0.3, -0.25) is 14.4 Å². The predicted molar refractivity (Wildman–Crippen MR) is 145 cm³/mol. The Balaban J connectivity index is 1.96. The molecule has 212 valence electrons. The number of carbonyl (C=O) groups excluding carboxylic acids is 3. The van der Waals surface area contributed by atoms with Crippen molar-refractivity contribution >= 4 is 17.7 Å². The summed E-state index contributed by atoms with van der Waals surface area (Å²) in [6, 6.07) is 14.9. The summed E-state index contributed by atoms with van der Waals surface area (Å²) < 4.78 is 0. The molecular formula is C29H39N3O7. The largest absolute Gasteiger partial charge is 0.394 e. The van der Waals surface area contributed by atoms with Crippen molar-refractivity contribution in [3.05, 3.63) is 71.8 Å². The zero-order valence-corrected chi connectivity index (χ0v) is 22.4. The Morgan fingerprint density at radius 3 is 1.95 bits per heavy atom. The van der Waals surface area contributed by atoms with E-state index in [1.54, 1.807) is 74.5 Å². The number of carbonyl (C=O) groups is 3. The highest BCUT2D eigenvalue weighted by atomic mass is 16.4. The Hall–Kier alpha value is -3.31. The van der Waals surface area contributed by atoms with Crippen LogP contribution in [0.5, 0.6) is 0 Å². The Bertz CT molecular complexity index is 1080. The first-order valence-corrected chi connectivity index (χ1v) is 13.3. The fraction of sp³-hybridized carbons (Fsp3) is 0.483. The highest BCUT2D eigenvalue weighted by Crippen LogP contribution is 2.19. The van der Waals surface area contributed by atoms with Crippen LogP contribution in [0.15, 0.2) is 60.7 Å². The quantitative estimate of drug-likeness (QED) is 0.381. The molecule has 0 bridgehead atoms. The Kier molecular flexibility index (Phi) is 11.0. The van der Waals surface area contributed by atoms with E-state index < -0.39 is 42.9 Å². The summed E-state index contributed by atoms with van der Waals surface area (Å²) in [5.74, 6) is -1.61. The van der Waals surface area contributed by atoms with Crippen LogP contribution in [0.2, 0.25) is 0 Å². The van der Waals surface area contributed by atoms with Crippen molar-refractivity contribution in [2.45, 2.75) is 57.1 Å². The van der Waals surface area contributed by atoms with Gasteiger partial charge in [0.2, 0.25) is 5.91 Å². The van der Waals surface area contributed by atoms with Crippen molar-refractivity contribution in [2.75, 3.05) is 26.2 Å². The number of benzene rings is 2. The molecule has 10 heteroatoms. The number of aliphatic hydroxyl groups is 4. The first-order valence-electron chi connectivity index (χ1n) is 13.3. The third-order valence-corrected chi connectivity index (χ3v) is 6.99. The lowest BCUT2D eigenvalue weighted by Crippen LogP contribution is -2.60. The van der Waals surface area contributed by atoms with Crippen LogP contribution >= 0.6 is 0 Å². The molecule has 0 aliphatic carbocycles. The van der Waals surface area contributed by atoms with E-state index in [2.05, 4.69) is 5.32 Å². The second-order valence-corrected chi connectivity index (χ2v) is 10.2. The minimum atomic E-state index is -1.77. The Morgan fingerprint density at radius 2 is 1.41 bits per heavy atom. The fourth-order valence-corrected chi connectivity index (χ4v) is 4.85. The summed E-state index contributed by atoms with van der Waals surface area (Å²) in [4.78, 5) is 43.2. The van der Waals surface area contributed by atoms with Gasteiger partial charge in [0.25, 0.3) is 11.8 Å². The average molecular weight is 542 g/mol. The molecule has 0 unspecified atom stereocenters. The first-order chi connectivity index (χ1) is 18.6. The third kappa shape index (κ3) is 7.63. The smallest absolute Gasteiger partial charge is 0.254 e. The second kappa shape index (κ2) is 14.2. The minimum Gasteiger partial charge on any atom is -0.394 e. The minimum absolute atomic E-state index is 0.211. The van der Waals surface area contributed by atoms with Crippen molar-refractivity contribution < 1.29 is 34.8 Å². The van der Waals surface area contributed by atoms with Gasteiger partial charge in [-0.1, -0.05) is 50.2 Å². The maximum absolute atomic E-state index is 13.6. The molecule has 10 nitrogen and oxygen atoms in total. The molecule has 3 amide bonds. The predicted octanol–water partition coefficient (Wildman–Crippen LogP) is 0.649. The lowest BCUT2D eigenvalue weighted by Gasteiger charge is -2.37. The number of β-amino-alcohol motifs (C(OH)–C–C–N with tert-alkyl or cyclic N) is 1. The van der Waals surface area contributed by atoms with E-state index in [0.29, 0.717) is 24.0 Å². The molecule has 1 aliphatic heterocycles. The Morgan fingerprint density at radius 1 is 0.872 bits per heavy atom. The third-order valence-electron chi connectivity index (χ3n) is 6.99. The zero-order chi connectivity index (χ0) is 28.5. The zero-order valence-electron chi connectivity index (χ0n) is 22.4. The SMILES string of the molecule is CC(C)[C@H]1C(=O)N[C@@H](CO)[C@@H](O)[C@H](O)[C@@H](O)CN(C(=O)c2ccccc2)CCCCN1C(=O)c1ccccc1. The van der Waals surface area contributed by atoms with E-state index in [1.807, 2.05) is 0 Å². The van der Waals surface area contributed by atoms with Gasteiger partial charge >= 0.3 is 0 Å². The monoisotopic (exact) mass is 541 g/mol. The van der Waals surface area contributed by atoms with Gasteiger partial charge in [-0.15, -0.1) is 0 Å². The molecule has 0 spiro atoms. The van der Waals surface area contributed by atoms with E-state index >= 15 is 0 Å². The fourth-order valence-electron chi connectivity index (χ4n) is 4.85. The van der Waals surface area contributed by atoms with Crippen LogP contribution in [0.1, 0.15) is 47.4 Å². The van der Waals surface area contributed by atoms with Gasteiger partial charge in [-0.25, -0.2) is 0 Å². The summed E-state index contributed by atoms with van der Waals surface area (Å²) in [5.41, 5.74) is 0.817. The second-order valence-electron chi connectivity index (χ2n) is 10.2. The van der Waals surface area contributed by atoms with E-state index in [9.17, 15) is 34.8 Å². The van der Waals surface area contributed by atoms with Crippen LogP contribution < -0.4 is 5.32 Å². The average Bonchev–Trinajstić information content (AvgIpc) is 2.95. The van der Waals surface area contributed by atoms with Gasteiger partial charge in [0.15, 0.2) is 0 Å². The molecular weight excluding hydrogens is 502 g/mol. The number of amides is 3. The van der Waals surface area contributed by atoms with Crippen molar-refractivity contribution in [1.29, 1.82) is 0 Å². The number of nitrogens with one attached hydrogen (secondary N) is 1. The molecule has 5 atom stereocenters. The highest BCUT2D eigenvalue weighted by molar-refractivity contribution is 5.97. The molecule has 0 aromatic heterocycles. The molecule has 1 heterocycles. The van der Waals surface area contributed by atoms with Crippen LogP contribution in [-0.2, 0) is 4.79 Å². The molecule has 39 heavy (non-hydrogen) atoms. The molecule has 1 aliphatic rings. The van der Waals surface area contributed by atoms with Gasteiger partial charge in [-0.2, -0.15) is 0 Å². The van der Waals surface area contributed by atoms with E-state index in [0.717, 1.165) is 0 Å². The summed E-state index contributed by atoms with van der Waals surface area (Å²) in [6.45, 7) is 3.02. The van der Waals surface area contributed by atoms with Gasteiger partial charge < -0.3 is 35.5 Å². The van der Waals surface area contributed by atoms with Crippen LogP contribution in [0.4, 0.5) is 0 Å². The van der Waals surface area contributed by atoms with Crippen molar-refractivity contribution in [3.63, 3.8) is 0 Å². The lowest BCUT2D eigenvalue weighted by atomic mass is 9.96. The van der Waals surface area contributed by atoms with E-state index in [1.165, 1.54) is 9.80 Å². The topological polar surface area (TPSA) is 151 Å². The molecule has 3 rings (SSSR count). The molecule has 2 aromatic carbocycles. The Labute approximate surface area is 228 Å². The van der Waals surface area contributed by atoms with Gasteiger partial charge in [0, 0.05) is 30.8 Å². The standard InChI is InChI=1S/C29H39N3O7/c1-19(2)24-27(37)30-22(18-33)25(35)26(36)23(34)17-31(28(38)20-11-5-3-6-12-20)15-9-10-16-32(24)29(39)21-13-7-4-8-14-21/h3-8,11-14,19,22-26,33-36H,9-10,15-18H2,1-2H3,(H,30,37)/t22-,23-,24-,25+,26+/m0/s1. The highest BCUT2D eigenvalue weighted by Gasteiger charge is 2.38. The van der Waals surface area contributed by atoms with Crippen molar-refractivity contribution in [3.8, 4) is 0 Å². The van der Waals surface area contributed by atoms with Crippen LogP contribution in [0.3, 0.4) is 0 Å². The van der Waals surface area contributed by atoms with Gasteiger partial charge in [0.05, 0.1) is 12.6 Å². The maximum Gasteiger partial charge on any atom is 0.254 e. The summed E-state index contributed by atoms with van der Waals surface area (Å²) in [5, 5.41) is 44.7. The lowest BCUT2D eigenvalue weighted by molar-refractivity contribution is -0.132. The number of rotatable bonds is 4. The first kappa shape index (κ1) is 30.2. The number of hydrogen-bond acceptors (Lipinski definition) is 7. The van der Waals surface area contributed by atoms with Gasteiger partial charge in [-0.05, 0) is 43.0 Å². The molecule has 1 saturated heterocycles. The molecule has 5 N–H and O–H groups in total. The molecule has 0 saturated carbocycles. The van der Waals surface area contributed by atoms with Crippen molar-refractivity contribution in [2.24, 2.45) is 5.92 Å². The van der Waals surface area contributed by atoms with Crippen LogP contribution in [0, 0.1) is 5.92 Å². The summed E-state index contributed by atoms with van der Waals surface area (Å²) in [6.07, 6.45) is -4.14. The van der Waals surface area contributed by atoms with Crippen molar-refractivity contribution in [1.82, 2.24) is 15.1 Å².